The molecule has 9 nitrogen and oxygen atoms in total. The molecule has 3 fully saturated rings. The lowest BCUT2D eigenvalue weighted by Gasteiger charge is -2.37. The van der Waals surface area contributed by atoms with Crippen molar-refractivity contribution in [3.63, 3.8) is 0 Å². The summed E-state index contributed by atoms with van der Waals surface area (Å²) in [7, 11) is -2.76. The predicted octanol–water partition coefficient (Wildman–Crippen LogP) is 4.19. The van der Waals surface area contributed by atoms with E-state index in [2.05, 4.69) is 30.1 Å². The molecule has 10 heteroatoms. The first kappa shape index (κ1) is 28.0. The Morgan fingerprint density at radius 2 is 1.77 bits per heavy atom. The van der Waals surface area contributed by atoms with E-state index in [0.29, 0.717) is 38.4 Å². The van der Waals surface area contributed by atoms with Crippen molar-refractivity contribution >= 4 is 16.0 Å². The molecule has 0 N–H and O–H groups in total. The summed E-state index contributed by atoms with van der Waals surface area (Å²) in [6.45, 7) is 8.84. The van der Waals surface area contributed by atoms with Crippen LogP contribution >= 0.6 is 0 Å². The van der Waals surface area contributed by atoms with Gasteiger partial charge in [0.15, 0.2) is 10.5 Å². The Bertz CT molecular complexity index is 1320. The molecule has 0 amide bonds. The van der Waals surface area contributed by atoms with Crippen LogP contribution in [0.25, 0.3) is 11.3 Å². The first-order valence-corrected chi connectivity index (χ1v) is 15.1. The van der Waals surface area contributed by atoms with Crippen LogP contribution < -0.4 is 4.74 Å². The number of fused-ring (bicyclic) bond motifs is 1. The second kappa shape index (κ2) is 10.5. The third kappa shape index (κ3) is 5.08. The Morgan fingerprint density at radius 3 is 2.36 bits per heavy atom. The molecule has 3 aliphatic rings. The molecule has 1 aromatic carbocycles. The molecule has 3 heterocycles. The van der Waals surface area contributed by atoms with Gasteiger partial charge in [-0.25, -0.2) is 17.7 Å². The fourth-order valence-corrected chi connectivity index (χ4v) is 8.58. The van der Waals surface area contributed by atoms with Crippen molar-refractivity contribution in [2.24, 2.45) is 0 Å². The summed E-state index contributed by atoms with van der Waals surface area (Å²) >= 11 is 0. The van der Waals surface area contributed by atoms with Gasteiger partial charge < -0.3 is 18.9 Å². The van der Waals surface area contributed by atoms with Gasteiger partial charge in [0, 0.05) is 37.6 Å². The summed E-state index contributed by atoms with van der Waals surface area (Å²) in [6.07, 6.45) is 0.485. The zero-order valence-electron chi connectivity index (χ0n) is 23.3. The lowest BCUT2D eigenvalue weighted by Crippen LogP contribution is -2.55. The van der Waals surface area contributed by atoms with Crippen LogP contribution in [0.4, 0.5) is 0 Å². The first-order chi connectivity index (χ1) is 18.5. The summed E-state index contributed by atoms with van der Waals surface area (Å²) in [5, 5.41) is 0. The van der Waals surface area contributed by atoms with Gasteiger partial charge in [-0.05, 0) is 63.6 Å². The molecule has 1 aromatic heterocycles. The average molecular weight is 559 g/mol. The Morgan fingerprint density at radius 1 is 1.10 bits per heavy atom. The van der Waals surface area contributed by atoms with Gasteiger partial charge in [-0.15, -0.1) is 0 Å². The number of sulfonamides is 1. The van der Waals surface area contributed by atoms with E-state index in [0.717, 1.165) is 16.8 Å². The van der Waals surface area contributed by atoms with E-state index >= 15 is 0 Å². The fraction of sp³-hybridized carbons (Fsp3) is 0.586. The highest BCUT2D eigenvalue weighted by atomic mass is 32.2. The van der Waals surface area contributed by atoms with Crippen LogP contribution in [0.1, 0.15) is 63.5 Å². The van der Waals surface area contributed by atoms with Crippen molar-refractivity contribution in [2.45, 2.75) is 82.0 Å². The van der Waals surface area contributed by atoms with Gasteiger partial charge >= 0.3 is 5.97 Å². The number of benzene rings is 1. The normalized spacial score (nSPS) is 27.3. The summed E-state index contributed by atoms with van der Waals surface area (Å²) in [4.78, 5) is 17.6. The third-order valence-corrected chi connectivity index (χ3v) is 10.7. The van der Waals surface area contributed by atoms with Crippen molar-refractivity contribution < 1.29 is 32.2 Å². The van der Waals surface area contributed by atoms with Gasteiger partial charge in [0.2, 0.25) is 15.9 Å². The Kier molecular flexibility index (Phi) is 7.52. The number of ether oxygens (including phenoxy) is 4. The van der Waals surface area contributed by atoms with Crippen molar-refractivity contribution in [3.05, 3.63) is 47.5 Å². The van der Waals surface area contributed by atoms with E-state index in [-0.39, 0.29) is 18.8 Å². The molecule has 1 saturated carbocycles. The Labute approximate surface area is 230 Å². The largest absolute Gasteiger partial charge is 0.478 e. The number of carbonyl (C=O) groups is 1. The summed E-state index contributed by atoms with van der Waals surface area (Å²) < 4.78 is 50.2. The highest BCUT2D eigenvalue weighted by molar-refractivity contribution is 7.91. The maximum Gasteiger partial charge on any atom is 0.328 e. The molecule has 2 aromatic rings. The van der Waals surface area contributed by atoms with E-state index in [1.165, 1.54) is 17.0 Å². The molecular formula is C29H38N2O7S. The number of rotatable bonds is 7. The van der Waals surface area contributed by atoms with Crippen LogP contribution in [0, 0.1) is 6.92 Å². The zero-order valence-corrected chi connectivity index (χ0v) is 24.1. The number of hydrogen-bond acceptors (Lipinski definition) is 8. The van der Waals surface area contributed by atoms with Crippen LogP contribution in [0.5, 0.6) is 5.88 Å². The van der Waals surface area contributed by atoms with Crippen molar-refractivity contribution in [2.75, 3.05) is 26.8 Å². The number of piperidine rings is 1. The SMILES string of the molecule is CCOc1cccc(-c2ccc(C3CCN(S(=O)(=O)[C@]4(C(=O)OC)C[C@@H]5OC(C)(C)O[C@@H]5C4)CC3)cc2C)n1. The van der Waals surface area contributed by atoms with Crippen molar-refractivity contribution in [3.8, 4) is 17.1 Å². The van der Waals surface area contributed by atoms with E-state index in [4.69, 9.17) is 18.9 Å². The van der Waals surface area contributed by atoms with Gasteiger partial charge in [-0.1, -0.05) is 24.3 Å². The number of carbonyl (C=O) groups excluding carboxylic acids is 1. The molecule has 212 valence electrons. The number of methoxy groups -OCH3 is 1. The number of pyridine rings is 1. The molecule has 0 unspecified atom stereocenters. The molecule has 0 spiro atoms. The topological polar surface area (TPSA) is 104 Å². The van der Waals surface area contributed by atoms with Crippen LogP contribution in [0.2, 0.25) is 0 Å². The first-order valence-electron chi connectivity index (χ1n) is 13.6. The smallest absolute Gasteiger partial charge is 0.328 e. The number of esters is 1. The number of nitrogens with zero attached hydrogens (tertiary/aromatic N) is 2. The molecule has 39 heavy (non-hydrogen) atoms. The van der Waals surface area contributed by atoms with E-state index in [9.17, 15) is 13.2 Å². The number of aromatic nitrogens is 1. The second-order valence-electron chi connectivity index (χ2n) is 11.2. The quantitative estimate of drug-likeness (QED) is 0.466. The number of hydrogen-bond donors (Lipinski definition) is 0. The van der Waals surface area contributed by atoms with Crippen LogP contribution in [-0.4, -0.2) is 73.2 Å². The predicted molar refractivity (Wildman–Crippen MR) is 146 cm³/mol. The maximum atomic E-state index is 14.0. The molecule has 0 bridgehead atoms. The molecule has 5 rings (SSSR count). The maximum absolute atomic E-state index is 14.0. The minimum absolute atomic E-state index is 0.0369. The van der Waals surface area contributed by atoms with Gasteiger partial charge in [-0.3, -0.25) is 4.79 Å². The molecule has 0 radical (unpaired) electrons. The van der Waals surface area contributed by atoms with Crippen LogP contribution in [0.3, 0.4) is 0 Å². The summed E-state index contributed by atoms with van der Waals surface area (Å²) in [5.74, 6) is -0.714. The number of aryl methyl sites for hydroxylation is 1. The Hall–Kier alpha value is -2.53. The lowest BCUT2D eigenvalue weighted by molar-refractivity contribution is -0.160. The van der Waals surface area contributed by atoms with Gasteiger partial charge in [0.25, 0.3) is 0 Å². The second-order valence-corrected chi connectivity index (χ2v) is 13.4. The summed E-state index contributed by atoms with van der Waals surface area (Å²) in [5.41, 5.74) is 4.18. The zero-order chi connectivity index (χ0) is 28.0. The highest BCUT2D eigenvalue weighted by Crippen LogP contribution is 2.48. The minimum atomic E-state index is -4.00. The Balaban J connectivity index is 1.30. The third-order valence-electron chi connectivity index (χ3n) is 8.21. The van der Waals surface area contributed by atoms with Gasteiger partial charge in [0.05, 0.1) is 31.6 Å². The van der Waals surface area contributed by atoms with Gasteiger partial charge in [-0.2, -0.15) is 0 Å². The van der Waals surface area contributed by atoms with E-state index < -0.39 is 38.7 Å². The van der Waals surface area contributed by atoms with E-state index in [1.807, 2.05) is 25.1 Å². The van der Waals surface area contributed by atoms with Crippen molar-refractivity contribution in [1.82, 2.24) is 9.29 Å². The van der Waals surface area contributed by atoms with Crippen molar-refractivity contribution in [1.29, 1.82) is 0 Å². The van der Waals surface area contributed by atoms with Gasteiger partial charge in [0.1, 0.15) is 0 Å². The highest BCUT2D eigenvalue weighted by Gasteiger charge is 2.65. The van der Waals surface area contributed by atoms with Crippen LogP contribution in [-0.2, 0) is 29.0 Å². The monoisotopic (exact) mass is 558 g/mol. The van der Waals surface area contributed by atoms with Crippen LogP contribution in [0.15, 0.2) is 36.4 Å². The fourth-order valence-electron chi connectivity index (χ4n) is 6.35. The molecule has 3 atom stereocenters. The summed E-state index contributed by atoms with van der Waals surface area (Å²) in [6, 6.07) is 12.1. The molecule has 2 aliphatic heterocycles. The lowest BCUT2D eigenvalue weighted by atomic mass is 9.88. The molecule has 1 aliphatic carbocycles. The standard InChI is InChI=1S/C29H38N2O7S/c1-6-36-26-9-7-8-23(30-26)22-11-10-21(16-19(22)2)20-12-14-31(15-13-20)39(33,34)29(27(32)35-5)17-24-25(18-29)38-28(3,4)37-24/h7-11,16,20,24-25H,6,12-15,17-18H2,1-5H3/t24-,25+,29+. The molecule has 2 saturated heterocycles. The minimum Gasteiger partial charge on any atom is -0.478 e. The average Bonchev–Trinajstić information content (AvgIpc) is 3.40. The molecular weight excluding hydrogens is 520 g/mol. The van der Waals surface area contributed by atoms with E-state index in [1.54, 1.807) is 13.8 Å².